The van der Waals surface area contributed by atoms with E-state index in [1.807, 2.05) is 41.5 Å². The third kappa shape index (κ3) is 5.30. The molecule has 0 saturated carbocycles. The molecule has 0 aliphatic carbocycles. The molecule has 3 nitrogen and oxygen atoms in total. The van der Waals surface area contributed by atoms with Gasteiger partial charge >= 0.3 is 128 Å². The van der Waals surface area contributed by atoms with E-state index in [2.05, 4.69) is 31.2 Å². The van der Waals surface area contributed by atoms with Gasteiger partial charge in [-0.2, -0.15) is 0 Å². The fourth-order valence-electron chi connectivity index (χ4n) is 1.98. The van der Waals surface area contributed by atoms with Crippen molar-refractivity contribution in [2.75, 3.05) is 0 Å². The fraction of sp³-hybridized carbons (Fsp3) is 0.625. The Kier molecular flexibility index (Phi) is 6.89. The van der Waals surface area contributed by atoms with E-state index in [9.17, 15) is 0 Å². The SMILES string of the molecule is Cc1cc[c]([Ti]([O]C(C)C)([O]C(C)C)[O]C(C)C)cc1. The molecule has 0 heterocycles. The van der Waals surface area contributed by atoms with Gasteiger partial charge in [-0.3, -0.25) is 0 Å². The van der Waals surface area contributed by atoms with E-state index < -0.39 is 17.8 Å². The summed E-state index contributed by atoms with van der Waals surface area (Å²) in [5.41, 5.74) is 1.23. The summed E-state index contributed by atoms with van der Waals surface area (Å²) in [6.45, 7) is 14.3. The van der Waals surface area contributed by atoms with Gasteiger partial charge in [0.25, 0.3) is 0 Å². The minimum absolute atomic E-state index is 0.0776. The van der Waals surface area contributed by atoms with Crippen LogP contribution in [0, 0.1) is 6.92 Å². The topological polar surface area (TPSA) is 27.7 Å². The van der Waals surface area contributed by atoms with Crippen molar-refractivity contribution < 1.29 is 27.7 Å². The van der Waals surface area contributed by atoms with Gasteiger partial charge in [-0.25, -0.2) is 0 Å². The third-order valence-corrected chi connectivity index (χ3v) is 7.86. The van der Waals surface area contributed by atoms with Crippen LogP contribution in [0.5, 0.6) is 0 Å². The first-order valence-electron chi connectivity index (χ1n) is 7.35. The Balaban J connectivity index is 3.22. The van der Waals surface area contributed by atoms with Crippen molar-refractivity contribution in [1.82, 2.24) is 0 Å². The molecule has 0 fully saturated rings. The zero-order valence-electron chi connectivity index (χ0n) is 13.8. The molecular formula is C16H28O3Ti. The first kappa shape index (κ1) is 17.9. The minimum atomic E-state index is -3.49. The van der Waals surface area contributed by atoms with Gasteiger partial charge in [-0.1, -0.05) is 0 Å². The number of aryl methyl sites for hydroxylation is 1. The molecule has 0 aromatic heterocycles. The Morgan fingerprint density at radius 2 is 1.05 bits per heavy atom. The fourth-order valence-corrected chi connectivity index (χ4v) is 6.68. The summed E-state index contributed by atoms with van der Waals surface area (Å²) in [5.74, 6) is 0. The Hall–Kier alpha value is -0.186. The van der Waals surface area contributed by atoms with Crippen molar-refractivity contribution in [3.8, 4) is 0 Å². The monoisotopic (exact) mass is 316 g/mol. The summed E-state index contributed by atoms with van der Waals surface area (Å²) in [6, 6.07) is 8.35. The predicted octanol–water partition coefficient (Wildman–Crippen LogP) is 3.79. The van der Waals surface area contributed by atoms with Crippen LogP contribution >= 0.6 is 0 Å². The van der Waals surface area contributed by atoms with E-state index >= 15 is 0 Å². The molecule has 0 saturated heterocycles. The van der Waals surface area contributed by atoms with Crippen LogP contribution in [0.3, 0.4) is 0 Å². The van der Waals surface area contributed by atoms with Gasteiger partial charge in [-0.15, -0.1) is 0 Å². The van der Waals surface area contributed by atoms with E-state index in [4.69, 9.17) is 9.96 Å². The third-order valence-electron chi connectivity index (χ3n) is 2.58. The first-order chi connectivity index (χ1) is 9.25. The molecule has 0 amide bonds. The second-order valence-electron chi connectivity index (χ2n) is 5.92. The van der Waals surface area contributed by atoms with Gasteiger partial charge in [-0.05, 0) is 0 Å². The summed E-state index contributed by atoms with van der Waals surface area (Å²) < 4.78 is 19.8. The summed E-state index contributed by atoms with van der Waals surface area (Å²) >= 11 is -3.49. The van der Waals surface area contributed by atoms with Gasteiger partial charge in [0.2, 0.25) is 0 Å². The van der Waals surface area contributed by atoms with Crippen molar-refractivity contribution in [2.45, 2.75) is 66.8 Å². The molecule has 0 aliphatic rings. The molecule has 4 heteroatoms. The van der Waals surface area contributed by atoms with Crippen LogP contribution < -0.4 is 3.87 Å². The van der Waals surface area contributed by atoms with E-state index in [1.165, 1.54) is 5.56 Å². The molecule has 1 rings (SSSR count). The zero-order chi connectivity index (χ0) is 15.3. The van der Waals surface area contributed by atoms with Crippen molar-refractivity contribution >= 4 is 3.87 Å². The maximum atomic E-state index is 6.23. The Bertz CT molecular complexity index is 372. The molecule has 0 aliphatic heterocycles. The summed E-state index contributed by atoms with van der Waals surface area (Å²) in [6.07, 6.45) is 0.233. The van der Waals surface area contributed by atoms with Crippen molar-refractivity contribution in [1.29, 1.82) is 0 Å². The van der Waals surface area contributed by atoms with Crippen LogP contribution in [0.2, 0.25) is 0 Å². The van der Waals surface area contributed by atoms with Crippen molar-refractivity contribution in [2.24, 2.45) is 0 Å². The summed E-state index contributed by atoms with van der Waals surface area (Å²) in [7, 11) is 0. The first-order valence-corrected chi connectivity index (χ1v) is 10.0. The standard InChI is InChI=1S/C7H7.3C3H7O.Ti/c1-7-5-3-2-4-6-7;3*1-3(2)4;/h3-6H,1H3;3*3H,1-2H3;/q;3*-1;+3. The van der Waals surface area contributed by atoms with E-state index in [1.54, 1.807) is 0 Å². The average molecular weight is 316 g/mol. The Labute approximate surface area is 128 Å². The van der Waals surface area contributed by atoms with Gasteiger partial charge < -0.3 is 0 Å². The van der Waals surface area contributed by atoms with E-state index in [-0.39, 0.29) is 18.3 Å². The molecule has 1 aromatic carbocycles. The average Bonchev–Trinajstić information content (AvgIpc) is 2.26. The molecule has 0 atom stereocenters. The van der Waals surface area contributed by atoms with E-state index in [0.717, 1.165) is 3.87 Å². The van der Waals surface area contributed by atoms with E-state index in [0.29, 0.717) is 0 Å². The van der Waals surface area contributed by atoms with Crippen LogP contribution in [-0.2, 0) is 27.7 Å². The molecular weight excluding hydrogens is 288 g/mol. The van der Waals surface area contributed by atoms with Crippen LogP contribution in [0.15, 0.2) is 24.3 Å². The van der Waals surface area contributed by atoms with Gasteiger partial charge in [0.15, 0.2) is 0 Å². The number of rotatable bonds is 7. The molecule has 0 spiro atoms. The summed E-state index contributed by atoms with van der Waals surface area (Å²) in [4.78, 5) is 0. The van der Waals surface area contributed by atoms with Crippen LogP contribution in [-0.4, -0.2) is 18.3 Å². The van der Waals surface area contributed by atoms with Gasteiger partial charge in [0.05, 0.1) is 0 Å². The molecule has 0 N–H and O–H groups in total. The molecule has 114 valence electrons. The molecule has 0 unspecified atom stereocenters. The summed E-state index contributed by atoms with van der Waals surface area (Å²) in [5, 5.41) is 0. The maximum absolute atomic E-state index is 6.23. The normalized spacial score (nSPS) is 12.7. The van der Waals surface area contributed by atoms with Crippen LogP contribution in [0.1, 0.15) is 47.1 Å². The number of hydrogen-bond donors (Lipinski definition) is 0. The van der Waals surface area contributed by atoms with Crippen molar-refractivity contribution in [3.05, 3.63) is 29.8 Å². The van der Waals surface area contributed by atoms with Crippen LogP contribution in [0.4, 0.5) is 0 Å². The van der Waals surface area contributed by atoms with Crippen LogP contribution in [0.25, 0.3) is 0 Å². The Morgan fingerprint density at radius 3 is 1.35 bits per heavy atom. The zero-order valence-corrected chi connectivity index (χ0v) is 15.3. The van der Waals surface area contributed by atoms with Gasteiger partial charge in [0.1, 0.15) is 0 Å². The number of benzene rings is 1. The van der Waals surface area contributed by atoms with Gasteiger partial charge in [0, 0.05) is 0 Å². The van der Waals surface area contributed by atoms with Crippen molar-refractivity contribution in [3.63, 3.8) is 0 Å². The quantitative estimate of drug-likeness (QED) is 0.716. The molecule has 20 heavy (non-hydrogen) atoms. The second kappa shape index (κ2) is 7.72. The Morgan fingerprint density at radius 1 is 0.700 bits per heavy atom. The molecule has 0 bridgehead atoms. The molecule has 0 radical (unpaired) electrons. The predicted molar refractivity (Wildman–Crippen MR) is 79.5 cm³/mol. The second-order valence-corrected chi connectivity index (χ2v) is 9.66. The molecule has 1 aromatic rings. The number of hydrogen-bond acceptors (Lipinski definition) is 3.